The van der Waals surface area contributed by atoms with Crippen molar-refractivity contribution >= 4 is 44.9 Å². The normalized spacial score (nSPS) is 10.8. The molecule has 0 saturated heterocycles. The topological polar surface area (TPSA) is 75.3 Å². The van der Waals surface area contributed by atoms with Crippen molar-refractivity contribution in [3.63, 3.8) is 0 Å². The van der Waals surface area contributed by atoms with Crippen LogP contribution in [0.15, 0.2) is 24.3 Å². The summed E-state index contributed by atoms with van der Waals surface area (Å²) in [6.07, 6.45) is 0. The number of rotatable bonds is 4. The van der Waals surface area contributed by atoms with Crippen molar-refractivity contribution < 1.29 is 13.2 Å². The average Bonchev–Trinajstić information content (AvgIpc) is 2.28. The SMILES string of the molecule is Cc1ccc(CS(=O)(=O)CC(=O)NNC(=S)S)cc1. The highest BCUT2D eigenvalue weighted by Crippen LogP contribution is 2.08. The van der Waals surface area contributed by atoms with Crippen LogP contribution in [0.5, 0.6) is 0 Å². The van der Waals surface area contributed by atoms with Crippen molar-refractivity contribution in [3.05, 3.63) is 35.4 Å². The molecule has 0 fully saturated rings. The standard InChI is InChI=1S/C11H14N2O3S3/c1-8-2-4-9(5-3-8)6-19(15,16)7-10(14)12-13-11(17)18/h2-5H,6-7H2,1H3,(H,12,14)(H2,13,17,18). The molecule has 8 heteroatoms. The molecule has 0 unspecified atom stereocenters. The van der Waals surface area contributed by atoms with E-state index in [1.807, 2.05) is 19.1 Å². The summed E-state index contributed by atoms with van der Waals surface area (Å²) < 4.78 is 23.7. The Kier molecular flexibility index (Phi) is 5.77. The highest BCUT2D eigenvalue weighted by molar-refractivity contribution is 8.11. The molecule has 1 rings (SSSR count). The molecule has 0 atom stereocenters. The van der Waals surface area contributed by atoms with E-state index in [1.54, 1.807) is 12.1 Å². The second-order valence-corrected chi connectivity index (χ2v) is 7.22. The Hall–Kier alpha value is -1.12. The van der Waals surface area contributed by atoms with Gasteiger partial charge in [0, 0.05) is 0 Å². The second kappa shape index (κ2) is 6.88. The molecule has 1 aromatic carbocycles. The van der Waals surface area contributed by atoms with Crippen LogP contribution in [0, 0.1) is 6.92 Å². The molecule has 1 amide bonds. The smallest absolute Gasteiger partial charge is 0.253 e. The van der Waals surface area contributed by atoms with E-state index in [0.29, 0.717) is 5.56 Å². The van der Waals surface area contributed by atoms with Gasteiger partial charge in [-0.3, -0.25) is 15.6 Å². The molecule has 0 spiro atoms. The minimum absolute atomic E-state index is 0.0595. The zero-order valence-corrected chi connectivity index (χ0v) is 12.7. The lowest BCUT2D eigenvalue weighted by Crippen LogP contribution is -2.42. The Balaban J connectivity index is 2.59. The van der Waals surface area contributed by atoms with Crippen LogP contribution in [0.4, 0.5) is 0 Å². The maximum absolute atomic E-state index is 11.8. The van der Waals surface area contributed by atoms with Crippen LogP contribution in [0.1, 0.15) is 11.1 Å². The van der Waals surface area contributed by atoms with Crippen LogP contribution in [0.2, 0.25) is 0 Å². The summed E-state index contributed by atoms with van der Waals surface area (Å²) in [4.78, 5) is 11.4. The number of hydrogen-bond acceptors (Lipinski definition) is 4. The maximum Gasteiger partial charge on any atom is 0.253 e. The van der Waals surface area contributed by atoms with E-state index in [-0.39, 0.29) is 10.1 Å². The molecule has 0 heterocycles. The van der Waals surface area contributed by atoms with Gasteiger partial charge in [-0.25, -0.2) is 8.42 Å². The third-order valence-corrected chi connectivity index (χ3v) is 3.86. The van der Waals surface area contributed by atoms with E-state index >= 15 is 0 Å². The molecule has 104 valence electrons. The first-order chi connectivity index (χ1) is 8.78. The number of hydrogen-bond donors (Lipinski definition) is 3. The Morgan fingerprint density at radius 2 is 1.84 bits per heavy atom. The Labute approximate surface area is 123 Å². The molecular weight excluding hydrogens is 304 g/mol. The molecular formula is C11H14N2O3S3. The van der Waals surface area contributed by atoms with Gasteiger partial charge in [0.05, 0.1) is 5.75 Å². The summed E-state index contributed by atoms with van der Waals surface area (Å²) in [5, 5.41) is 0. The van der Waals surface area contributed by atoms with Gasteiger partial charge >= 0.3 is 0 Å². The molecule has 0 aliphatic heterocycles. The van der Waals surface area contributed by atoms with Crippen LogP contribution < -0.4 is 10.9 Å². The van der Waals surface area contributed by atoms with Gasteiger partial charge in [-0.1, -0.05) is 42.0 Å². The van der Waals surface area contributed by atoms with E-state index in [2.05, 4.69) is 35.7 Å². The van der Waals surface area contributed by atoms with E-state index in [9.17, 15) is 13.2 Å². The van der Waals surface area contributed by atoms with Crippen molar-refractivity contribution in [3.8, 4) is 0 Å². The molecule has 5 nitrogen and oxygen atoms in total. The van der Waals surface area contributed by atoms with Crippen LogP contribution in [0.3, 0.4) is 0 Å². The molecule has 19 heavy (non-hydrogen) atoms. The molecule has 0 aliphatic carbocycles. The minimum atomic E-state index is -3.51. The van der Waals surface area contributed by atoms with Gasteiger partial charge in [0.2, 0.25) is 0 Å². The highest BCUT2D eigenvalue weighted by atomic mass is 32.2. The number of nitrogens with one attached hydrogen (secondary N) is 2. The number of amides is 1. The van der Waals surface area contributed by atoms with Gasteiger partial charge in [0.15, 0.2) is 9.84 Å². The summed E-state index contributed by atoms with van der Waals surface area (Å²) in [6.45, 7) is 1.91. The van der Waals surface area contributed by atoms with Crippen molar-refractivity contribution in [1.29, 1.82) is 0 Å². The predicted molar refractivity (Wildman–Crippen MR) is 81.5 cm³/mol. The Bertz CT molecular complexity index is 567. The van der Waals surface area contributed by atoms with E-state index in [0.717, 1.165) is 5.56 Å². The van der Waals surface area contributed by atoms with Gasteiger partial charge < -0.3 is 0 Å². The quantitative estimate of drug-likeness (QED) is 0.434. The molecule has 1 aromatic rings. The summed E-state index contributed by atoms with van der Waals surface area (Å²) in [7, 11) is -3.51. The number of thiol groups is 1. The van der Waals surface area contributed by atoms with Gasteiger partial charge in [-0.2, -0.15) is 0 Å². The van der Waals surface area contributed by atoms with Gasteiger partial charge in [0.25, 0.3) is 5.91 Å². The molecule has 0 aromatic heterocycles. The van der Waals surface area contributed by atoms with E-state index < -0.39 is 21.5 Å². The van der Waals surface area contributed by atoms with Crippen molar-refractivity contribution in [2.75, 3.05) is 5.75 Å². The van der Waals surface area contributed by atoms with Crippen molar-refractivity contribution in [1.82, 2.24) is 10.9 Å². The number of carbonyl (C=O) groups is 1. The summed E-state index contributed by atoms with van der Waals surface area (Å²) in [5.41, 5.74) is 6.11. The van der Waals surface area contributed by atoms with E-state index in [4.69, 9.17) is 0 Å². The largest absolute Gasteiger partial charge is 0.283 e. The van der Waals surface area contributed by atoms with Crippen LogP contribution in [0.25, 0.3) is 0 Å². The zero-order chi connectivity index (χ0) is 14.5. The number of sulfone groups is 1. The number of thiocarbonyl (C=S) groups is 1. The molecule has 2 N–H and O–H groups in total. The van der Waals surface area contributed by atoms with Gasteiger partial charge in [0.1, 0.15) is 10.1 Å². The lowest BCUT2D eigenvalue weighted by atomic mass is 10.2. The van der Waals surface area contributed by atoms with Crippen molar-refractivity contribution in [2.24, 2.45) is 0 Å². The molecule has 0 radical (unpaired) electrons. The first-order valence-corrected chi connectivity index (χ1v) is 8.00. The predicted octanol–water partition coefficient (Wildman–Crippen LogP) is 0.745. The first kappa shape index (κ1) is 15.9. The van der Waals surface area contributed by atoms with E-state index in [1.165, 1.54) is 0 Å². The maximum atomic E-state index is 11.8. The van der Waals surface area contributed by atoms with Crippen LogP contribution in [-0.2, 0) is 20.4 Å². The number of carbonyl (C=O) groups excluding carboxylic acids is 1. The van der Waals surface area contributed by atoms with Crippen LogP contribution >= 0.6 is 24.8 Å². The molecule has 0 aliphatic rings. The molecule has 0 bridgehead atoms. The monoisotopic (exact) mass is 318 g/mol. The summed E-state index contributed by atoms with van der Waals surface area (Å²) in [5.74, 6) is -1.46. The number of aryl methyl sites for hydroxylation is 1. The summed E-state index contributed by atoms with van der Waals surface area (Å²) in [6, 6.07) is 7.11. The van der Waals surface area contributed by atoms with Gasteiger partial charge in [-0.05, 0) is 12.5 Å². The summed E-state index contributed by atoms with van der Waals surface area (Å²) >= 11 is 8.29. The third kappa shape index (κ3) is 6.55. The number of benzene rings is 1. The molecule has 0 saturated carbocycles. The minimum Gasteiger partial charge on any atom is -0.283 e. The lowest BCUT2D eigenvalue weighted by Gasteiger charge is -2.07. The van der Waals surface area contributed by atoms with Crippen molar-refractivity contribution in [2.45, 2.75) is 12.7 Å². The number of hydrazine groups is 1. The Morgan fingerprint density at radius 1 is 1.26 bits per heavy atom. The fourth-order valence-electron chi connectivity index (χ4n) is 1.35. The third-order valence-electron chi connectivity index (χ3n) is 2.17. The lowest BCUT2D eigenvalue weighted by molar-refractivity contribution is -0.119. The second-order valence-electron chi connectivity index (χ2n) is 4.00. The van der Waals surface area contributed by atoms with Gasteiger partial charge in [-0.15, -0.1) is 12.6 Å². The Morgan fingerprint density at radius 3 is 2.37 bits per heavy atom. The average molecular weight is 318 g/mol. The highest BCUT2D eigenvalue weighted by Gasteiger charge is 2.17. The zero-order valence-electron chi connectivity index (χ0n) is 10.2. The van der Waals surface area contributed by atoms with Crippen LogP contribution in [-0.4, -0.2) is 24.4 Å². The fourth-order valence-corrected chi connectivity index (χ4v) is 2.73. The first-order valence-electron chi connectivity index (χ1n) is 5.32. The fraction of sp³-hybridized carbons (Fsp3) is 0.273.